The fraction of sp³-hybridized carbons (Fsp3) is 0.316. The van der Waals surface area contributed by atoms with E-state index < -0.39 is 0 Å². The molecule has 25 heavy (non-hydrogen) atoms. The van der Waals surface area contributed by atoms with Gasteiger partial charge in [0.05, 0.1) is 14.2 Å². The van der Waals surface area contributed by atoms with Crippen LogP contribution in [-0.4, -0.2) is 38.7 Å². The van der Waals surface area contributed by atoms with Crippen molar-refractivity contribution in [2.75, 3.05) is 27.8 Å². The smallest absolute Gasteiger partial charge is 0.317 e. The summed E-state index contributed by atoms with van der Waals surface area (Å²) < 4.78 is 10.5. The van der Waals surface area contributed by atoms with Gasteiger partial charge in [-0.3, -0.25) is 0 Å². The first-order valence-electron chi connectivity index (χ1n) is 7.97. The molecule has 0 fully saturated rings. The first-order valence-corrected chi connectivity index (χ1v) is 8.35. The van der Waals surface area contributed by atoms with Gasteiger partial charge in [-0.2, -0.15) is 0 Å². The molecule has 2 aromatic carbocycles. The lowest BCUT2D eigenvalue weighted by Gasteiger charge is -2.19. The predicted octanol–water partition coefficient (Wildman–Crippen LogP) is 3.74. The highest BCUT2D eigenvalue weighted by Crippen LogP contribution is 2.27. The third-order valence-corrected chi connectivity index (χ3v) is 4.07. The van der Waals surface area contributed by atoms with Crippen molar-refractivity contribution in [1.82, 2.24) is 10.2 Å². The highest BCUT2D eigenvalue weighted by molar-refractivity contribution is 6.30. The highest BCUT2D eigenvalue weighted by atomic mass is 35.5. The maximum Gasteiger partial charge on any atom is 0.317 e. The summed E-state index contributed by atoms with van der Waals surface area (Å²) in [4.78, 5) is 13.8. The zero-order valence-electron chi connectivity index (χ0n) is 14.7. The molecule has 134 valence electrons. The van der Waals surface area contributed by atoms with Gasteiger partial charge in [0.25, 0.3) is 0 Å². The standard InChI is InChI=1S/C19H23ClN2O3/c1-22(13-15-6-9-17(24-2)18(12-15)25-3)19(23)21-11-10-14-4-7-16(20)8-5-14/h4-9,12H,10-11,13H2,1-3H3,(H,21,23). The molecular weight excluding hydrogens is 340 g/mol. The number of hydrogen-bond acceptors (Lipinski definition) is 3. The molecule has 0 heterocycles. The summed E-state index contributed by atoms with van der Waals surface area (Å²) in [6, 6.07) is 13.1. The summed E-state index contributed by atoms with van der Waals surface area (Å²) in [5.41, 5.74) is 2.10. The average molecular weight is 363 g/mol. The van der Waals surface area contributed by atoms with Gasteiger partial charge in [-0.25, -0.2) is 4.79 Å². The second-order valence-corrected chi connectivity index (χ2v) is 6.09. The summed E-state index contributed by atoms with van der Waals surface area (Å²) in [7, 11) is 4.95. The molecule has 0 aliphatic rings. The van der Waals surface area contributed by atoms with E-state index in [9.17, 15) is 4.79 Å². The fourth-order valence-electron chi connectivity index (χ4n) is 2.42. The fourth-order valence-corrected chi connectivity index (χ4v) is 2.55. The largest absolute Gasteiger partial charge is 0.493 e. The molecule has 0 saturated carbocycles. The van der Waals surface area contributed by atoms with E-state index >= 15 is 0 Å². The van der Waals surface area contributed by atoms with E-state index in [1.54, 1.807) is 26.2 Å². The van der Waals surface area contributed by atoms with Gasteiger partial charge in [-0.1, -0.05) is 29.8 Å². The molecule has 0 spiro atoms. The maximum atomic E-state index is 12.2. The van der Waals surface area contributed by atoms with E-state index in [1.807, 2.05) is 42.5 Å². The third kappa shape index (κ3) is 5.57. The van der Waals surface area contributed by atoms with Gasteiger partial charge in [-0.05, 0) is 41.8 Å². The Morgan fingerprint density at radius 1 is 1.04 bits per heavy atom. The van der Waals surface area contributed by atoms with Crippen LogP contribution >= 0.6 is 11.6 Å². The number of amides is 2. The Morgan fingerprint density at radius 2 is 1.68 bits per heavy atom. The molecule has 6 heteroatoms. The van der Waals surface area contributed by atoms with Gasteiger partial charge >= 0.3 is 6.03 Å². The van der Waals surface area contributed by atoms with Crippen LogP contribution in [0.15, 0.2) is 42.5 Å². The normalized spacial score (nSPS) is 10.2. The zero-order valence-corrected chi connectivity index (χ0v) is 15.5. The molecule has 0 aliphatic carbocycles. The molecular formula is C19H23ClN2O3. The van der Waals surface area contributed by atoms with Gasteiger partial charge in [0, 0.05) is 25.2 Å². The molecule has 0 aliphatic heterocycles. The Bertz CT molecular complexity index is 704. The number of carbonyl (C=O) groups excluding carboxylic acids is 1. The second kappa shape index (κ2) is 9.18. The van der Waals surface area contributed by atoms with Crippen molar-refractivity contribution in [2.24, 2.45) is 0 Å². The Labute approximate surface area is 153 Å². The van der Waals surface area contributed by atoms with Crippen molar-refractivity contribution < 1.29 is 14.3 Å². The molecule has 1 N–H and O–H groups in total. The molecule has 2 rings (SSSR count). The van der Waals surface area contributed by atoms with Crippen LogP contribution in [0.3, 0.4) is 0 Å². The number of ether oxygens (including phenoxy) is 2. The summed E-state index contributed by atoms with van der Waals surface area (Å²) in [6.45, 7) is 1.05. The van der Waals surface area contributed by atoms with Crippen molar-refractivity contribution in [3.8, 4) is 11.5 Å². The van der Waals surface area contributed by atoms with Gasteiger partial charge < -0.3 is 19.7 Å². The molecule has 0 unspecified atom stereocenters. The van der Waals surface area contributed by atoms with Crippen LogP contribution in [0.5, 0.6) is 11.5 Å². The molecule has 0 saturated heterocycles. The first kappa shape index (κ1) is 18.9. The summed E-state index contributed by atoms with van der Waals surface area (Å²) in [5.74, 6) is 1.32. The molecule has 0 atom stereocenters. The van der Waals surface area contributed by atoms with E-state index in [0.717, 1.165) is 17.5 Å². The summed E-state index contributed by atoms with van der Waals surface area (Å²) in [6.07, 6.45) is 0.757. The van der Waals surface area contributed by atoms with Crippen molar-refractivity contribution in [1.29, 1.82) is 0 Å². The number of rotatable bonds is 7. The Balaban J connectivity index is 1.84. The highest BCUT2D eigenvalue weighted by Gasteiger charge is 2.11. The van der Waals surface area contributed by atoms with Crippen LogP contribution in [0.4, 0.5) is 4.79 Å². The van der Waals surface area contributed by atoms with E-state index in [4.69, 9.17) is 21.1 Å². The van der Waals surface area contributed by atoms with Gasteiger partial charge in [0.2, 0.25) is 0 Å². The average Bonchev–Trinajstić information content (AvgIpc) is 2.63. The van der Waals surface area contributed by atoms with E-state index in [1.165, 1.54) is 0 Å². The molecule has 0 aromatic heterocycles. The minimum atomic E-state index is -0.122. The van der Waals surface area contributed by atoms with E-state index in [0.29, 0.717) is 29.6 Å². The number of nitrogens with one attached hydrogen (secondary N) is 1. The number of urea groups is 1. The molecule has 0 radical (unpaired) electrons. The van der Waals surface area contributed by atoms with Crippen molar-refractivity contribution in [3.05, 3.63) is 58.6 Å². The lowest BCUT2D eigenvalue weighted by molar-refractivity contribution is 0.207. The van der Waals surface area contributed by atoms with E-state index in [2.05, 4.69) is 5.32 Å². The van der Waals surface area contributed by atoms with Gasteiger partial charge in [0.1, 0.15) is 0 Å². The molecule has 5 nitrogen and oxygen atoms in total. The molecule has 2 amide bonds. The SMILES string of the molecule is COc1ccc(CN(C)C(=O)NCCc2ccc(Cl)cc2)cc1OC. The minimum Gasteiger partial charge on any atom is -0.493 e. The van der Waals surface area contributed by atoms with Crippen LogP contribution in [0.1, 0.15) is 11.1 Å². The van der Waals surface area contributed by atoms with Crippen LogP contribution < -0.4 is 14.8 Å². The quantitative estimate of drug-likeness (QED) is 0.816. The number of carbonyl (C=O) groups is 1. The van der Waals surface area contributed by atoms with Crippen molar-refractivity contribution in [2.45, 2.75) is 13.0 Å². The number of hydrogen-bond donors (Lipinski definition) is 1. The summed E-state index contributed by atoms with van der Waals surface area (Å²) >= 11 is 5.86. The summed E-state index contributed by atoms with van der Waals surface area (Å²) in [5, 5.41) is 3.63. The second-order valence-electron chi connectivity index (χ2n) is 5.65. The topological polar surface area (TPSA) is 50.8 Å². The van der Waals surface area contributed by atoms with Crippen LogP contribution in [-0.2, 0) is 13.0 Å². The van der Waals surface area contributed by atoms with Gasteiger partial charge in [0.15, 0.2) is 11.5 Å². The lowest BCUT2D eigenvalue weighted by Crippen LogP contribution is -2.37. The van der Waals surface area contributed by atoms with Crippen LogP contribution in [0.2, 0.25) is 5.02 Å². The van der Waals surface area contributed by atoms with Crippen molar-refractivity contribution >= 4 is 17.6 Å². The number of halogens is 1. The maximum absolute atomic E-state index is 12.2. The van der Waals surface area contributed by atoms with Crippen LogP contribution in [0.25, 0.3) is 0 Å². The molecule has 0 bridgehead atoms. The van der Waals surface area contributed by atoms with E-state index in [-0.39, 0.29) is 6.03 Å². The monoisotopic (exact) mass is 362 g/mol. The lowest BCUT2D eigenvalue weighted by atomic mass is 10.1. The molecule has 2 aromatic rings. The van der Waals surface area contributed by atoms with Crippen molar-refractivity contribution in [3.63, 3.8) is 0 Å². The third-order valence-electron chi connectivity index (χ3n) is 3.82. The number of methoxy groups -OCH3 is 2. The Kier molecular flexibility index (Phi) is 6.95. The van der Waals surface area contributed by atoms with Gasteiger partial charge in [-0.15, -0.1) is 0 Å². The zero-order chi connectivity index (χ0) is 18.2. The number of nitrogens with zero attached hydrogens (tertiary/aromatic N) is 1. The Hall–Kier alpha value is -2.40. The van der Waals surface area contributed by atoms with Crippen LogP contribution in [0, 0.1) is 0 Å². The number of benzene rings is 2. The minimum absolute atomic E-state index is 0.122. The first-order chi connectivity index (χ1) is 12.0. The Morgan fingerprint density at radius 3 is 2.32 bits per heavy atom. The predicted molar refractivity (Wildman–Crippen MR) is 99.6 cm³/mol.